The Morgan fingerprint density at radius 1 is 1.28 bits per heavy atom. The molecule has 0 aliphatic rings. The van der Waals surface area contributed by atoms with E-state index < -0.39 is 42.0 Å². The van der Waals surface area contributed by atoms with Crippen LogP contribution >= 0.6 is 7.60 Å². The van der Waals surface area contributed by atoms with Crippen molar-refractivity contribution >= 4 is 24.9 Å². The second-order valence-electron chi connectivity index (χ2n) is 4.64. The van der Waals surface area contributed by atoms with Crippen molar-refractivity contribution in [2.45, 2.75) is 20.0 Å². The molecule has 0 saturated heterocycles. The molecule has 0 aromatic heterocycles. The van der Waals surface area contributed by atoms with Gasteiger partial charge in [-0.05, 0) is 26.0 Å². The number of carbonyl (C=O) groups excluding carboxylic acids is 1. The highest BCUT2D eigenvalue weighted by Gasteiger charge is 2.38. The van der Waals surface area contributed by atoms with Gasteiger partial charge >= 0.3 is 13.8 Å². The summed E-state index contributed by atoms with van der Waals surface area (Å²) in [4.78, 5) is 21.4. The van der Waals surface area contributed by atoms with E-state index in [4.69, 9.17) is 9.05 Å². The number of nitrogens with one attached hydrogen (secondary N) is 1. The number of nitro benzene ring substituents is 1. The van der Waals surface area contributed by atoms with Crippen LogP contribution < -0.4 is 5.32 Å². The van der Waals surface area contributed by atoms with Crippen LogP contribution in [0.4, 0.5) is 24.5 Å². The van der Waals surface area contributed by atoms with Crippen molar-refractivity contribution in [2.24, 2.45) is 0 Å². The van der Waals surface area contributed by atoms with Crippen LogP contribution in [0.2, 0.25) is 0 Å². The lowest BCUT2D eigenvalue weighted by Crippen LogP contribution is -2.19. The van der Waals surface area contributed by atoms with Crippen molar-refractivity contribution in [1.29, 1.82) is 0 Å². The van der Waals surface area contributed by atoms with Crippen LogP contribution in [-0.2, 0) is 24.6 Å². The fraction of sp³-hybridized carbons (Fsp3) is 0.462. The Hall–Kier alpha value is -1.97. The predicted molar refractivity (Wildman–Crippen MR) is 82.5 cm³/mol. The maximum Gasteiger partial charge on any atom is 0.423 e. The topological polar surface area (TPSA) is 108 Å². The number of hydrogen-bond donors (Lipinski definition) is 1. The Labute approximate surface area is 141 Å². The van der Waals surface area contributed by atoms with Crippen LogP contribution in [0.5, 0.6) is 0 Å². The first-order chi connectivity index (χ1) is 11.5. The number of alkyl halides is 3. The minimum absolute atomic E-state index is 0.0142. The van der Waals surface area contributed by atoms with Crippen LogP contribution in [-0.4, -0.2) is 30.2 Å². The van der Waals surface area contributed by atoms with Crippen molar-refractivity contribution in [1.82, 2.24) is 0 Å². The molecule has 0 atom stereocenters. The van der Waals surface area contributed by atoms with Gasteiger partial charge in [0.05, 0.1) is 18.1 Å². The minimum Gasteiger partial charge on any atom is -0.326 e. The summed E-state index contributed by atoms with van der Waals surface area (Å²) in [5.41, 5.74) is -2.98. The largest absolute Gasteiger partial charge is 0.423 e. The standard InChI is InChI=1S/C13H16F3N2O6P/c1-3-23-25(22,24-4-2)8-12(19)17-9-5-6-11(18(20)21)10(7-9)13(14,15)16/h5-7H,3-4,8H2,1-2H3,(H,17,19). The molecule has 0 bridgehead atoms. The molecule has 0 fully saturated rings. The molecule has 0 saturated carbocycles. The van der Waals surface area contributed by atoms with Gasteiger partial charge in [0.2, 0.25) is 5.91 Å². The van der Waals surface area contributed by atoms with Crippen LogP contribution in [0.3, 0.4) is 0 Å². The number of carbonyl (C=O) groups is 1. The van der Waals surface area contributed by atoms with E-state index in [1.165, 1.54) is 13.8 Å². The number of rotatable bonds is 8. The first kappa shape index (κ1) is 21.1. The highest BCUT2D eigenvalue weighted by Crippen LogP contribution is 2.47. The Morgan fingerprint density at radius 2 is 1.84 bits per heavy atom. The summed E-state index contributed by atoms with van der Waals surface area (Å²) in [6.07, 6.45) is -5.68. The third-order valence-electron chi connectivity index (χ3n) is 2.77. The van der Waals surface area contributed by atoms with Crippen LogP contribution in [0, 0.1) is 10.1 Å². The van der Waals surface area contributed by atoms with E-state index in [2.05, 4.69) is 5.32 Å². The van der Waals surface area contributed by atoms with E-state index in [9.17, 15) is 32.6 Å². The van der Waals surface area contributed by atoms with Gasteiger partial charge < -0.3 is 14.4 Å². The van der Waals surface area contributed by atoms with Gasteiger partial charge in [-0.1, -0.05) is 0 Å². The minimum atomic E-state index is -4.98. The quantitative estimate of drug-likeness (QED) is 0.415. The van der Waals surface area contributed by atoms with Crippen LogP contribution in [0.15, 0.2) is 18.2 Å². The number of benzene rings is 1. The van der Waals surface area contributed by atoms with E-state index in [0.29, 0.717) is 12.1 Å². The van der Waals surface area contributed by atoms with Gasteiger partial charge in [-0.15, -0.1) is 0 Å². The fourth-order valence-electron chi connectivity index (χ4n) is 1.90. The number of anilines is 1. The lowest BCUT2D eigenvalue weighted by Gasteiger charge is -2.16. The first-order valence-corrected chi connectivity index (χ1v) is 8.78. The Kier molecular flexibility index (Phi) is 7.09. The first-order valence-electron chi connectivity index (χ1n) is 7.06. The summed E-state index contributed by atoms with van der Waals surface area (Å²) in [7, 11) is -3.72. The zero-order chi connectivity index (χ0) is 19.3. The monoisotopic (exact) mass is 384 g/mol. The van der Waals surface area contributed by atoms with Crippen molar-refractivity contribution in [3.05, 3.63) is 33.9 Å². The number of nitro groups is 1. The molecule has 0 heterocycles. The summed E-state index contributed by atoms with van der Waals surface area (Å²) in [5, 5.41) is 12.8. The molecule has 1 aromatic carbocycles. The predicted octanol–water partition coefficient (Wildman–Crippen LogP) is 3.82. The zero-order valence-electron chi connectivity index (χ0n) is 13.3. The highest BCUT2D eigenvalue weighted by molar-refractivity contribution is 7.54. The molecule has 12 heteroatoms. The molecule has 8 nitrogen and oxygen atoms in total. The van der Waals surface area contributed by atoms with Gasteiger partial charge in [-0.25, -0.2) is 0 Å². The molecule has 0 spiro atoms. The molecule has 140 valence electrons. The molecule has 1 aromatic rings. The van der Waals surface area contributed by atoms with Crippen molar-refractivity contribution < 1.29 is 36.5 Å². The summed E-state index contributed by atoms with van der Waals surface area (Å²) in [5.74, 6) is -0.910. The smallest absolute Gasteiger partial charge is 0.326 e. The van der Waals surface area contributed by atoms with Gasteiger partial charge in [-0.2, -0.15) is 13.2 Å². The second-order valence-corrected chi connectivity index (χ2v) is 6.69. The number of halogens is 3. The zero-order valence-corrected chi connectivity index (χ0v) is 14.2. The normalized spacial score (nSPS) is 12.0. The molecule has 1 rings (SSSR count). The average Bonchev–Trinajstić information content (AvgIpc) is 2.45. The summed E-state index contributed by atoms with van der Waals surface area (Å²) in [6.45, 7) is 3.10. The third kappa shape index (κ3) is 6.11. The van der Waals surface area contributed by atoms with Gasteiger partial charge in [0.1, 0.15) is 11.7 Å². The third-order valence-corrected chi connectivity index (χ3v) is 4.75. The van der Waals surface area contributed by atoms with E-state index in [1.54, 1.807) is 0 Å². The molecular formula is C13H16F3N2O6P. The number of nitrogens with zero attached hydrogens (tertiary/aromatic N) is 1. The summed E-state index contributed by atoms with van der Waals surface area (Å²) in [6, 6.07) is 2.00. The van der Waals surface area contributed by atoms with Gasteiger partial charge in [-0.3, -0.25) is 19.5 Å². The van der Waals surface area contributed by atoms with E-state index in [0.717, 1.165) is 6.07 Å². The lowest BCUT2D eigenvalue weighted by atomic mass is 10.1. The van der Waals surface area contributed by atoms with Gasteiger partial charge in [0.15, 0.2) is 0 Å². The lowest BCUT2D eigenvalue weighted by molar-refractivity contribution is -0.388. The SMILES string of the molecule is CCOP(=O)(CC(=O)Nc1ccc([N+](=O)[O-])c(C(F)(F)F)c1)OCC. The summed E-state index contributed by atoms with van der Waals surface area (Å²) < 4.78 is 60.7. The average molecular weight is 384 g/mol. The van der Waals surface area contributed by atoms with E-state index in [1.807, 2.05) is 0 Å². The van der Waals surface area contributed by atoms with Crippen LogP contribution in [0.1, 0.15) is 19.4 Å². The van der Waals surface area contributed by atoms with Crippen molar-refractivity contribution in [3.63, 3.8) is 0 Å². The highest BCUT2D eigenvalue weighted by atomic mass is 31.2. The van der Waals surface area contributed by atoms with Gasteiger partial charge in [0, 0.05) is 11.8 Å². The van der Waals surface area contributed by atoms with E-state index in [-0.39, 0.29) is 18.9 Å². The molecule has 1 N–H and O–H groups in total. The molecule has 0 aliphatic carbocycles. The molecule has 25 heavy (non-hydrogen) atoms. The Balaban J connectivity index is 3.01. The Bertz CT molecular complexity index is 685. The van der Waals surface area contributed by atoms with Crippen molar-refractivity contribution in [3.8, 4) is 0 Å². The van der Waals surface area contributed by atoms with Gasteiger partial charge in [0.25, 0.3) is 5.69 Å². The maximum absolute atomic E-state index is 12.9. The van der Waals surface area contributed by atoms with Crippen molar-refractivity contribution in [2.75, 3.05) is 24.7 Å². The second kappa shape index (κ2) is 8.41. The summed E-state index contributed by atoms with van der Waals surface area (Å²) >= 11 is 0. The number of amides is 1. The molecule has 0 unspecified atom stereocenters. The van der Waals surface area contributed by atoms with E-state index >= 15 is 0 Å². The molecular weight excluding hydrogens is 368 g/mol. The molecule has 0 aliphatic heterocycles. The number of hydrogen-bond acceptors (Lipinski definition) is 6. The molecule has 1 amide bonds. The fourth-order valence-corrected chi connectivity index (χ4v) is 3.37. The Morgan fingerprint density at radius 3 is 2.28 bits per heavy atom. The van der Waals surface area contributed by atoms with Crippen LogP contribution in [0.25, 0.3) is 0 Å². The maximum atomic E-state index is 12.9. The molecule has 0 radical (unpaired) electrons.